The highest BCUT2D eigenvalue weighted by molar-refractivity contribution is 5.96. The van der Waals surface area contributed by atoms with Crippen LogP contribution in [0.15, 0.2) is 54.6 Å². The number of rotatable bonds is 7. The average molecular weight is 352 g/mol. The molecule has 0 unspecified atom stereocenters. The van der Waals surface area contributed by atoms with Crippen LogP contribution in [0, 0.1) is 11.3 Å². The molecule has 1 amide bonds. The van der Waals surface area contributed by atoms with Crippen molar-refractivity contribution in [2.75, 3.05) is 5.32 Å². The molecule has 2 atom stereocenters. The van der Waals surface area contributed by atoms with Crippen LogP contribution in [0.1, 0.15) is 25.8 Å². The summed E-state index contributed by atoms with van der Waals surface area (Å²) in [6, 6.07) is 17.5. The van der Waals surface area contributed by atoms with E-state index in [1.807, 2.05) is 12.1 Å². The Labute approximate surface area is 152 Å². The van der Waals surface area contributed by atoms with Crippen LogP contribution in [0.4, 0.5) is 5.69 Å². The van der Waals surface area contributed by atoms with Crippen LogP contribution in [-0.2, 0) is 14.3 Å². The molecule has 0 aromatic heterocycles. The van der Waals surface area contributed by atoms with Gasteiger partial charge in [0, 0.05) is 0 Å². The zero-order valence-corrected chi connectivity index (χ0v) is 14.6. The summed E-state index contributed by atoms with van der Waals surface area (Å²) in [5, 5.41) is 11.7. The first-order valence-electron chi connectivity index (χ1n) is 8.27. The first-order valence-corrected chi connectivity index (χ1v) is 8.27. The molecule has 26 heavy (non-hydrogen) atoms. The molecule has 6 nitrogen and oxygen atoms in total. The zero-order valence-electron chi connectivity index (χ0n) is 14.6. The van der Waals surface area contributed by atoms with E-state index in [0.29, 0.717) is 23.4 Å². The first-order chi connectivity index (χ1) is 12.5. The molecule has 0 heterocycles. The first kappa shape index (κ1) is 19.0. The standard InChI is InChI=1S/C20H20N2O4/c1-3-18(26-16-10-5-4-6-11-16)20(24)25-14(2)19(23)22-17-12-8-7-9-15(17)13-21/h4-12,14,18H,3H2,1-2H3,(H,22,23)/t14-,18+/m0/s1. The summed E-state index contributed by atoms with van der Waals surface area (Å²) in [4.78, 5) is 24.5. The van der Waals surface area contributed by atoms with E-state index in [2.05, 4.69) is 5.32 Å². The lowest BCUT2D eigenvalue weighted by atomic mass is 10.2. The molecule has 0 fully saturated rings. The second kappa shape index (κ2) is 9.23. The number of anilines is 1. The van der Waals surface area contributed by atoms with Crippen LogP contribution in [-0.4, -0.2) is 24.1 Å². The van der Waals surface area contributed by atoms with Gasteiger partial charge in [-0.25, -0.2) is 4.79 Å². The maximum Gasteiger partial charge on any atom is 0.348 e. The molecule has 6 heteroatoms. The van der Waals surface area contributed by atoms with Crippen molar-refractivity contribution in [1.82, 2.24) is 0 Å². The van der Waals surface area contributed by atoms with E-state index in [1.165, 1.54) is 6.92 Å². The lowest BCUT2D eigenvalue weighted by Crippen LogP contribution is -2.36. The molecule has 1 N–H and O–H groups in total. The molecule has 0 radical (unpaired) electrons. The van der Waals surface area contributed by atoms with Gasteiger partial charge in [0.05, 0.1) is 11.3 Å². The van der Waals surface area contributed by atoms with Gasteiger partial charge in [0.25, 0.3) is 5.91 Å². The fraction of sp³-hybridized carbons (Fsp3) is 0.250. The van der Waals surface area contributed by atoms with Crippen LogP contribution >= 0.6 is 0 Å². The van der Waals surface area contributed by atoms with Gasteiger partial charge in [-0.05, 0) is 37.6 Å². The Balaban J connectivity index is 1.96. The molecular formula is C20H20N2O4. The third kappa shape index (κ3) is 5.08. The van der Waals surface area contributed by atoms with Crippen molar-refractivity contribution in [1.29, 1.82) is 5.26 Å². The van der Waals surface area contributed by atoms with Crippen LogP contribution in [0.3, 0.4) is 0 Å². The summed E-state index contributed by atoms with van der Waals surface area (Å²) in [5.41, 5.74) is 0.702. The number of nitrogens with zero attached hydrogens (tertiary/aromatic N) is 1. The SMILES string of the molecule is CC[C@@H](Oc1ccccc1)C(=O)O[C@@H](C)C(=O)Nc1ccccc1C#N. The summed E-state index contributed by atoms with van der Waals surface area (Å²) in [6.07, 6.45) is -1.43. The number of nitriles is 1. The van der Waals surface area contributed by atoms with Gasteiger partial charge in [0.1, 0.15) is 11.8 Å². The van der Waals surface area contributed by atoms with E-state index in [0.717, 1.165) is 0 Å². The number of ether oxygens (including phenoxy) is 2. The topological polar surface area (TPSA) is 88.4 Å². The van der Waals surface area contributed by atoms with E-state index < -0.39 is 24.1 Å². The fourth-order valence-electron chi connectivity index (χ4n) is 2.19. The monoisotopic (exact) mass is 352 g/mol. The summed E-state index contributed by atoms with van der Waals surface area (Å²) in [5.74, 6) is -0.584. The number of carbonyl (C=O) groups excluding carboxylic acids is 2. The van der Waals surface area contributed by atoms with Gasteiger partial charge in [0.2, 0.25) is 0 Å². The molecular weight excluding hydrogens is 332 g/mol. The lowest BCUT2D eigenvalue weighted by molar-refractivity contribution is -0.160. The smallest absolute Gasteiger partial charge is 0.348 e. The minimum Gasteiger partial charge on any atom is -0.479 e. The number of para-hydroxylation sites is 2. The number of carbonyl (C=O) groups is 2. The quantitative estimate of drug-likeness (QED) is 0.773. The van der Waals surface area contributed by atoms with Crippen molar-refractivity contribution in [3.8, 4) is 11.8 Å². The fourth-order valence-corrected chi connectivity index (χ4v) is 2.19. The number of benzene rings is 2. The number of hydrogen-bond donors (Lipinski definition) is 1. The van der Waals surface area contributed by atoms with Gasteiger partial charge in [-0.3, -0.25) is 4.79 Å². The summed E-state index contributed by atoms with van der Waals surface area (Å²) in [7, 11) is 0. The highest BCUT2D eigenvalue weighted by atomic mass is 16.6. The van der Waals surface area contributed by atoms with Crippen LogP contribution in [0.25, 0.3) is 0 Å². The van der Waals surface area contributed by atoms with Crippen molar-refractivity contribution < 1.29 is 19.1 Å². The molecule has 0 bridgehead atoms. The Morgan fingerprint density at radius 1 is 1.12 bits per heavy atom. The predicted octanol–water partition coefficient (Wildman–Crippen LogP) is 3.29. The lowest BCUT2D eigenvalue weighted by Gasteiger charge is -2.19. The normalized spacial score (nSPS) is 12.3. The summed E-state index contributed by atoms with van der Waals surface area (Å²) in [6.45, 7) is 3.26. The maximum absolute atomic E-state index is 12.3. The van der Waals surface area contributed by atoms with Gasteiger partial charge in [-0.15, -0.1) is 0 Å². The number of nitrogens with one attached hydrogen (secondary N) is 1. The molecule has 0 aliphatic carbocycles. The third-order valence-electron chi connectivity index (χ3n) is 3.62. The Morgan fingerprint density at radius 2 is 1.77 bits per heavy atom. The predicted molar refractivity (Wildman–Crippen MR) is 96.5 cm³/mol. The number of esters is 1. The van der Waals surface area contributed by atoms with E-state index in [9.17, 15) is 9.59 Å². The Kier molecular flexibility index (Phi) is 6.75. The van der Waals surface area contributed by atoms with E-state index in [-0.39, 0.29) is 0 Å². The van der Waals surface area contributed by atoms with Gasteiger partial charge in [-0.2, -0.15) is 5.26 Å². The molecule has 0 aliphatic rings. The van der Waals surface area contributed by atoms with Crippen LogP contribution < -0.4 is 10.1 Å². The van der Waals surface area contributed by atoms with Gasteiger partial charge >= 0.3 is 5.97 Å². The number of hydrogen-bond acceptors (Lipinski definition) is 5. The minimum atomic E-state index is -1.03. The van der Waals surface area contributed by atoms with E-state index >= 15 is 0 Å². The van der Waals surface area contributed by atoms with Crippen molar-refractivity contribution in [3.05, 3.63) is 60.2 Å². The van der Waals surface area contributed by atoms with Crippen molar-refractivity contribution in [2.24, 2.45) is 0 Å². The Hall–Kier alpha value is -3.33. The molecule has 2 rings (SSSR count). The summed E-state index contributed by atoms with van der Waals surface area (Å²) >= 11 is 0. The Morgan fingerprint density at radius 3 is 2.42 bits per heavy atom. The van der Waals surface area contributed by atoms with Crippen molar-refractivity contribution in [3.63, 3.8) is 0 Å². The largest absolute Gasteiger partial charge is 0.479 e. The molecule has 0 saturated heterocycles. The zero-order chi connectivity index (χ0) is 18.9. The second-order valence-corrected chi connectivity index (χ2v) is 5.55. The molecule has 0 aliphatic heterocycles. The van der Waals surface area contributed by atoms with Crippen molar-refractivity contribution >= 4 is 17.6 Å². The third-order valence-corrected chi connectivity index (χ3v) is 3.62. The van der Waals surface area contributed by atoms with Gasteiger partial charge < -0.3 is 14.8 Å². The van der Waals surface area contributed by atoms with E-state index in [4.69, 9.17) is 14.7 Å². The second-order valence-electron chi connectivity index (χ2n) is 5.55. The van der Waals surface area contributed by atoms with E-state index in [1.54, 1.807) is 55.5 Å². The maximum atomic E-state index is 12.3. The highest BCUT2D eigenvalue weighted by Crippen LogP contribution is 2.16. The molecule has 2 aromatic rings. The molecule has 2 aromatic carbocycles. The Bertz CT molecular complexity index is 799. The molecule has 0 spiro atoms. The van der Waals surface area contributed by atoms with Crippen LogP contribution in [0.2, 0.25) is 0 Å². The minimum absolute atomic E-state index is 0.332. The van der Waals surface area contributed by atoms with Gasteiger partial charge in [-0.1, -0.05) is 37.3 Å². The van der Waals surface area contributed by atoms with Gasteiger partial charge in [0.15, 0.2) is 12.2 Å². The molecule has 0 saturated carbocycles. The highest BCUT2D eigenvalue weighted by Gasteiger charge is 2.25. The average Bonchev–Trinajstić information content (AvgIpc) is 2.67. The summed E-state index contributed by atoms with van der Waals surface area (Å²) < 4.78 is 10.8. The molecule has 134 valence electrons. The number of amides is 1. The van der Waals surface area contributed by atoms with Crippen LogP contribution in [0.5, 0.6) is 5.75 Å². The van der Waals surface area contributed by atoms with Crippen molar-refractivity contribution in [2.45, 2.75) is 32.5 Å².